The number of hydrogen-bond donors (Lipinski definition) is 2. The van der Waals surface area contributed by atoms with Gasteiger partial charge in [0.1, 0.15) is 11.4 Å². The van der Waals surface area contributed by atoms with Crippen LogP contribution >= 0.6 is 0 Å². The normalized spacial score (nSPS) is 10.8. The van der Waals surface area contributed by atoms with E-state index in [9.17, 15) is 25.3 Å². The van der Waals surface area contributed by atoms with Crippen molar-refractivity contribution in [2.75, 3.05) is 11.9 Å². The molecule has 10 nitrogen and oxygen atoms in total. The molecule has 10 heteroatoms. The van der Waals surface area contributed by atoms with Crippen LogP contribution in [0.15, 0.2) is 46.6 Å². The predicted molar refractivity (Wildman–Crippen MR) is 95.4 cm³/mol. The number of azo groups is 1. The number of phenolic OH excluding ortho intramolecular Hbond substituents is 1. The molecule has 0 aromatic heterocycles. The van der Waals surface area contributed by atoms with Crippen molar-refractivity contribution in [3.05, 3.63) is 56.6 Å². The van der Waals surface area contributed by atoms with Crippen molar-refractivity contribution in [3.63, 3.8) is 0 Å². The van der Waals surface area contributed by atoms with Crippen molar-refractivity contribution in [2.45, 2.75) is 19.8 Å². The lowest BCUT2D eigenvalue weighted by Crippen LogP contribution is -2.00. The third-order valence-corrected chi connectivity index (χ3v) is 3.47. The molecule has 2 aromatic rings. The second-order valence-corrected chi connectivity index (χ2v) is 5.37. The monoisotopic (exact) mass is 359 g/mol. The maximum atomic E-state index is 11.1. The Labute approximate surface area is 148 Å². The van der Waals surface area contributed by atoms with Gasteiger partial charge in [0.2, 0.25) is 0 Å². The first-order chi connectivity index (χ1) is 12.4. The maximum absolute atomic E-state index is 11.1. The Morgan fingerprint density at radius 2 is 1.73 bits per heavy atom. The van der Waals surface area contributed by atoms with E-state index in [-0.39, 0.29) is 17.1 Å². The number of unbranched alkanes of at least 4 members (excludes halogenated alkanes) is 1. The zero-order valence-electron chi connectivity index (χ0n) is 14.0. The molecule has 0 saturated carbocycles. The number of benzene rings is 2. The first kappa shape index (κ1) is 18.8. The van der Waals surface area contributed by atoms with Gasteiger partial charge in [0.05, 0.1) is 15.9 Å². The van der Waals surface area contributed by atoms with E-state index in [4.69, 9.17) is 0 Å². The highest BCUT2D eigenvalue weighted by atomic mass is 16.6. The van der Waals surface area contributed by atoms with Crippen molar-refractivity contribution < 1.29 is 15.0 Å². The lowest BCUT2D eigenvalue weighted by molar-refractivity contribution is -0.393. The summed E-state index contributed by atoms with van der Waals surface area (Å²) in [6, 6.07) is 7.75. The van der Waals surface area contributed by atoms with Crippen LogP contribution in [-0.2, 0) is 0 Å². The number of nitrogens with one attached hydrogen (secondary N) is 1. The Kier molecular flexibility index (Phi) is 6.15. The molecule has 0 aliphatic carbocycles. The Morgan fingerprint density at radius 1 is 1.04 bits per heavy atom. The Bertz CT molecular complexity index is 853. The van der Waals surface area contributed by atoms with E-state index in [0.29, 0.717) is 0 Å². The number of nitrogens with zero attached hydrogens (tertiary/aromatic N) is 4. The van der Waals surface area contributed by atoms with Gasteiger partial charge < -0.3 is 10.4 Å². The molecule has 0 radical (unpaired) electrons. The van der Waals surface area contributed by atoms with E-state index in [0.717, 1.165) is 43.3 Å². The summed E-state index contributed by atoms with van der Waals surface area (Å²) in [5.41, 5.74) is -0.263. The third-order valence-electron chi connectivity index (χ3n) is 3.47. The number of hydrogen-bond acceptors (Lipinski definition) is 8. The molecule has 0 atom stereocenters. The largest absolute Gasteiger partial charge is 0.506 e. The van der Waals surface area contributed by atoms with Gasteiger partial charge in [-0.05, 0) is 24.6 Å². The van der Waals surface area contributed by atoms with Gasteiger partial charge >= 0.3 is 5.69 Å². The summed E-state index contributed by atoms with van der Waals surface area (Å²) in [6.07, 6.45) is 2.03. The van der Waals surface area contributed by atoms with Crippen LogP contribution in [0.1, 0.15) is 19.8 Å². The molecule has 0 spiro atoms. The van der Waals surface area contributed by atoms with Crippen molar-refractivity contribution in [3.8, 4) is 5.75 Å². The quantitative estimate of drug-likeness (QED) is 0.299. The predicted octanol–water partition coefficient (Wildman–Crippen LogP) is 4.84. The van der Waals surface area contributed by atoms with Crippen LogP contribution in [0.25, 0.3) is 0 Å². The number of phenols is 1. The molecule has 136 valence electrons. The number of nitro groups is 2. The van der Waals surface area contributed by atoms with Crippen LogP contribution in [0.4, 0.5) is 28.4 Å². The molecule has 0 saturated heterocycles. The number of rotatable bonds is 8. The lowest BCUT2D eigenvalue weighted by atomic mass is 10.2. The van der Waals surface area contributed by atoms with E-state index in [1.807, 2.05) is 0 Å². The van der Waals surface area contributed by atoms with Crippen LogP contribution in [-0.4, -0.2) is 21.5 Å². The third kappa shape index (κ3) is 4.72. The number of aromatic hydroxyl groups is 1. The van der Waals surface area contributed by atoms with Gasteiger partial charge in [0.25, 0.3) is 5.69 Å². The van der Waals surface area contributed by atoms with Crippen LogP contribution in [0.2, 0.25) is 0 Å². The number of non-ortho nitro benzene ring substituents is 1. The molecule has 0 heterocycles. The van der Waals surface area contributed by atoms with Gasteiger partial charge in [-0.25, -0.2) is 0 Å². The number of nitro benzene ring substituents is 2. The Hall–Kier alpha value is -3.56. The van der Waals surface area contributed by atoms with Crippen molar-refractivity contribution >= 4 is 28.4 Å². The summed E-state index contributed by atoms with van der Waals surface area (Å²) in [7, 11) is 0. The zero-order valence-corrected chi connectivity index (χ0v) is 14.0. The Morgan fingerprint density at radius 3 is 2.35 bits per heavy atom. The van der Waals surface area contributed by atoms with Gasteiger partial charge in [-0.1, -0.05) is 13.3 Å². The average Bonchev–Trinajstić information content (AvgIpc) is 2.61. The lowest BCUT2D eigenvalue weighted by Gasteiger charge is -2.06. The molecule has 0 fully saturated rings. The van der Waals surface area contributed by atoms with Crippen LogP contribution in [0.5, 0.6) is 5.75 Å². The second-order valence-electron chi connectivity index (χ2n) is 5.37. The van der Waals surface area contributed by atoms with Gasteiger partial charge in [-0.2, -0.15) is 0 Å². The summed E-state index contributed by atoms with van der Waals surface area (Å²) in [5, 5.41) is 42.5. The minimum absolute atomic E-state index is 0.124. The zero-order chi connectivity index (χ0) is 19.1. The Balaban J connectivity index is 2.24. The highest BCUT2D eigenvalue weighted by Crippen LogP contribution is 2.35. The fourth-order valence-corrected chi connectivity index (χ4v) is 2.09. The van der Waals surface area contributed by atoms with Crippen LogP contribution in [0, 0.1) is 20.2 Å². The van der Waals surface area contributed by atoms with E-state index >= 15 is 0 Å². The summed E-state index contributed by atoms with van der Waals surface area (Å²) < 4.78 is 0. The standard InChI is InChI=1S/C16H17N5O5/c1-2-3-8-17-11-4-6-14(16(22)9-11)19-18-13-7-5-12(20(23)24)10-15(13)21(25)26/h4-7,9-10,17,22H,2-3,8H2,1H3. The summed E-state index contributed by atoms with van der Waals surface area (Å²) in [4.78, 5) is 20.3. The molecule has 0 unspecified atom stereocenters. The molecule has 2 N–H and O–H groups in total. The first-order valence-electron chi connectivity index (χ1n) is 7.84. The molecular weight excluding hydrogens is 342 g/mol. The highest BCUT2D eigenvalue weighted by Gasteiger charge is 2.19. The SMILES string of the molecule is CCCCNc1ccc(N=Nc2ccc([N+](=O)[O-])cc2[N+](=O)[O-])c(O)c1. The molecule has 0 aliphatic rings. The molecular formula is C16H17N5O5. The molecule has 2 aromatic carbocycles. The van der Waals surface area contributed by atoms with Gasteiger partial charge in [-0.15, -0.1) is 10.2 Å². The first-order valence-corrected chi connectivity index (χ1v) is 7.84. The minimum atomic E-state index is -0.776. The summed E-state index contributed by atoms with van der Waals surface area (Å²) >= 11 is 0. The molecule has 26 heavy (non-hydrogen) atoms. The van der Waals surface area contributed by atoms with E-state index in [2.05, 4.69) is 22.5 Å². The summed E-state index contributed by atoms with van der Waals surface area (Å²) in [5.74, 6) is -0.139. The van der Waals surface area contributed by atoms with Crippen molar-refractivity contribution in [1.82, 2.24) is 0 Å². The van der Waals surface area contributed by atoms with Gasteiger partial charge in [-0.3, -0.25) is 20.2 Å². The van der Waals surface area contributed by atoms with Gasteiger partial charge in [0.15, 0.2) is 5.69 Å². The van der Waals surface area contributed by atoms with Crippen molar-refractivity contribution in [2.24, 2.45) is 10.2 Å². The second kappa shape index (κ2) is 8.51. The fourth-order valence-electron chi connectivity index (χ4n) is 2.09. The van der Waals surface area contributed by atoms with Crippen LogP contribution < -0.4 is 5.32 Å². The van der Waals surface area contributed by atoms with E-state index < -0.39 is 21.2 Å². The number of anilines is 1. The fraction of sp³-hybridized carbons (Fsp3) is 0.250. The van der Waals surface area contributed by atoms with Gasteiger partial charge in [0, 0.05) is 24.4 Å². The average molecular weight is 359 g/mol. The van der Waals surface area contributed by atoms with E-state index in [1.165, 1.54) is 12.1 Å². The highest BCUT2D eigenvalue weighted by molar-refractivity contribution is 5.63. The molecule has 0 bridgehead atoms. The smallest absolute Gasteiger partial charge is 0.303 e. The van der Waals surface area contributed by atoms with E-state index in [1.54, 1.807) is 6.07 Å². The molecule has 0 aliphatic heterocycles. The topological polar surface area (TPSA) is 143 Å². The summed E-state index contributed by atoms with van der Waals surface area (Å²) in [6.45, 7) is 2.84. The molecule has 2 rings (SSSR count). The maximum Gasteiger partial charge on any atom is 0.303 e. The minimum Gasteiger partial charge on any atom is -0.506 e. The van der Waals surface area contributed by atoms with Crippen molar-refractivity contribution in [1.29, 1.82) is 0 Å². The van der Waals surface area contributed by atoms with Crippen LogP contribution in [0.3, 0.4) is 0 Å². The molecule has 0 amide bonds.